The van der Waals surface area contributed by atoms with Crippen LogP contribution >= 0.6 is 0 Å². The van der Waals surface area contributed by atoms with Gasteiger partial charge < -0.3 is 0 Å². The molecule has 0 aromatic heterocycles. The van der Waals surface area contributed by atoms with Crippen LogP contribution in [0, 0.1) is 0 Å². The Morgan fingerprint density at radius 3 is 1.11 bits per heavy atom. The van der Waals surface area contributed by atoms with E-state index in [9.17, 15) is 0 Å². The Hall–Kier alpha value is -1.69. The molecule has 0 spiro atoms. The second-order valence-electron chi connectivity index (χ2n) is 21.6. The number of hydrogen-bond acceptors (Lipinski definition) is 0. The topological polar surface area (TPSA) is 0 Å². The molecule has 4 aromatic carbocycles. The molecule has 0 saturated heterocycles. The number of allylic oxidation sites excluding steroid dienone is 2. The molecule has 2 atom stereocenters. The average Bonchev–Trinajstić information content (AvgIpc) is 3.72. The second-order valence-corrected chi connectivity index (χ2v) is 89.5. The summed E-state index contributed by atoms with van der Waals surface area (Å²) in [5.41, 5.74) is 11.4. The van der Waals surface area contributed by atoms with Gasteiger partial charge >= 0.3 is 332 Å². The van der Waals surface area contributed by atoms with E-state index in [4.69, 9.17) is 0 Å². The third-order valence-electron chi connectivity index (χ3n) is 13.6. The van der Waals surface area contributed by atoms with Crippen LogP contribution in [0.1, 0.15) is 36.5 Å². The van der Waals surface area contributed by atoms with Gasteiger partial charge in [-0.05, 0) is 0 Å². The van der Waals surface area contributed by atoms with E-state index in [2.05, 4.69) is 198 Å². The van der Waals surface area contributed by atoms with Crippen molar-refractivity contribution in [3.63, 3.8) is 0 Å². The molecule has 53 heavy (non-hydrogen) atoms. The van der Waals surface area contributed by atoms with Crippen molar-refractivity contribution in [3.05, 3.63) is 107 Å². The van der Waals surface area contributed by atoms with Crippen molar-refractivity contribution >= 4 is 70.7 Å². The van der Waals surface area contributed by atoms with Gasteiger partial charge in [-0.1, -0.05) is 0 Å². The zero-order chi connectivity index (χ0) is 39.1. The average molecular weight is 952 g/mol. The molecule has 0 aliphatic heterocycles. The van der Waals surface area contributed by atoms with Crippen molar-refractivity contribution < 1.29 is 17.1 Å². The first-order valence-electron chi connectivity index (χ1n) is 20.3. The van der Waals surface area contributed by atoms with Gasteiger partial charge in [-0.3, -0.25) is 0 Å². The van der Waals surface area contributed by atoms with Gasteiger partial charge in [0.1, 0.15) is 0 Å². The number of benzene rings is 4. The Kier molecular flexibility index (Phi) is 10.6. The molecule has 0 nitrogen and oxygen atoms in total. The first-order chi connectivity index (χ1) is 24.3. The summed E-state index contributed by atoms with van der Waals surface area (Å²) in [6.45, 7) is 35.3. The predicted octanol–water partition coefficient (Wildman–Crippen LogP) is 12.5. The number of rotatable bonds is 9. The Labute approximate surface area is 329 Å². The molecule has 6 rings (SSSR count). The molecule has 0 saturated carbocycles. The molecule has 2 aliphatic rings. The van der Waals surface area contributed by atoms with Gasteiger partial charge in [-0.2, -0.15) is 0 Å². The van der Waals surface area contributed by atoms with E-state index in [1.165, 1.54) is 39.4 Å². The van der Waals surface area contributed by atoms with Crippen molar-refractivity contribution in [2.75, 3.05) is 0 Å². The quantitative estimate of drug-likeness (QED) is 0.147. The maximum absolute atomic E-state index is 3.88. The molecule has 0 fully saturated rings. The molecule has 2 unspecified atom stereocenters. The minimum atomic E-state index is -3.88. The van der Waals surface area contributed by atoms with Gasteiger partial charge in [0.2, 0.25) is 0 Å². The fourth-order valence-corrected chi connectivity index (χ4v) is 59.1. The van der Waals surface area contributed by atoms with Crippen LogP contribution in [0.15, 0.2) is 84.9 Å². The van der Waals surface area contributed by atoms with Gasteiger partial charge in [0, 0.05) is 0 Å². The van der Waals surface area contributed by atoms with Crippen LogP contribution in [-0.4, -0.2) is 37.8 Å². The molecular weight excluding hydrogens is 883 g/mol. The zero-order valence-corrected chi connectivity index (χ0v) is 44.7. The molecule has 0 heterocycles. The van der Waals surface area contributed by atoms with Crippen LogP contribution in [0.3, 0.4) is 0 Å². The molecule has 6 heteroatoms. The molecule has 4 aromatic rings. The van der Waals surface area contributed by atoms with Crippen LogP contribution in [-0.2, 0) is 17.1 Å². The van der Waals surface area contributed by atoms with Gasteiger partial charge in [0.15, 0.2) is 0 Å². The zero-order valence-electron chi connectivity index (χ0n) is 36.1. The van der Waals surface area contributed by atoms with Gasteiger partial charge in [-0.25, -0.2) is 0 Å². The summed E-state index contributed by atoms with van der Waals surface area (Å²) in [5, 5.41) is 6.39. The Bertz CT molecular complexity index is 2020. The van der Waals surface area contributed by atoms with Crippen LogP contribution in [0.4, 0.5) is 0 Å². The molecule has 0 N–H and O–H groups in total. The maximum atomic E-state index is 2.90. The Morgan fingerprint density at radius 1 is 0.509 bits per heavy atom. The van der Waals surface area contributed by atoms with Gasteiger partial charge in [0.25, 0.3) is 0 Å². The minimum absolute atomic E-state index is 0.551. The summed E-state index contributed by atoms with van der Waals surface area (Å²) in [6.07, 6.45) is 10.5. The number of hydrogen-bond donors (Lipinski definition) is 0. The molecular formula is C47H68HfSi5. The van der Waals surface area contributed by atoms with E-state index in [1.807, 2.05) is 0 Å². The van der Waals surface area contributed by atoms with E-state index >= 15 is 0 Å². The SMILES string of the molecule is CC[Si](C)=[Hf]([CH3])([CH3])([CH]1C=Cc2c(-c3cc([Si](C)(C)C)cc([Si](C)(C)C)c3)cccc21)[CH]1C=Cc2c(-c3cc([Si](C)(C)C)cc([Si](C)(C)C)c3)cccc21. The van der Waals surface area contributed by atoms with E-state index in [1.54, 1.807) is 31.9 Å². The monoisotopic (exact) mass is 952 g/mol. The Morgan fingerprint density at radius 2 is 0.830 bits per heavy atom. The van der Waals surface area contributed by atoms with Crippen LogP contribution in [0.5, 0.6) is 0 Å². The molecule has 0 bridgehead atoms. The van der Waals surface area contributed by atoms with E-state index < -0.39 is 54.9 Å². The van der Waals surface area contributed by atoms with Crippen molar-refractivity contribution in [1.82, 2.24) is 0 Å². The van der Waals surface area contributed by atoms with E-state index in [-0.39, 0.29) is 0 Å². The van der Waals surface area contributed by atoms with Crippen LogP contribution in [0.2, 0.25) is 101 Å². The van der Waals surface area contributed by atoms with Crippen molar-refractivity contribution in [2.24, 2.45) is 0 Å². The van der Waals surface area contributed by atoms with Crippen molar-refractivity contribution in [1.29, 1.82) is 0 Å². The molecule has 0 amide bonds. The summed E-state index contributed by atoms with van der Waals surface area (Å²) in [4.78, 5) is 0. The third kappa shape index (κ3) is 7.36. The summed E-state index contributed by atoms with van der Waals surface area (Å²) in [6, 6.07) is 31.5. The first kappa shape index (κ1) is 41.0. The predicted molar refractivity (Wildman–Crippen MR) is 253 cm³/mol. The summed E-state index contributed by atoms with van der Waals surface area (Å²) < 4.78 is 6.89. The fourth-order valence-electron chi connectivity index (χ4n) is 9.31. The first-order valence-corrected chi connectivity index (χ1v) is 53.3. The van der Waals surface area contributed by atoms with Gasteiger partial charge in [-0.15, -0.1) is 0 Å². The third-order valence-corrected chi connectivity index (χ3v) is 80.7. The molecule has 280 valence electrons. The van der Waals surface area contributed by atoms with E-state index in [0.29, 0.717) is 7.35 Å². The Balaban J connectivity index is 1.52. The summed E-state index contributed by atoms with van der Waals surface area (Å²) in [7, 11) is -6.00. The standard InChI is InChI=1S/2C21H27Si2.C3H8Si.2CH3.Hf/c2*1-22(2,3)18-13-17(14-19(15-18)23(4,5)6)21-12-8-10-16-9-7-11-20(16)21;1-3-4-2;;;/h2*7-15H,1-6H3;3H2,1-2H3;2*1H3;. The number of fused-ring (bicyclic) bond motifs is 2. The summed E-state index contributed by atoms with van der Waals surface area (Å²) >= 11 is -3.88. The fraction of sp³-hybridized carbons (Fsp3) is 0.404. The van der Waals surface area contributed by atoms with Crippen molar-refractivity contribution in [3.8, 4) is 22.3 Å². The van der Waals surface area contributed by atoms with Crippen LogP contribution < -0.4 is 20.7 Å². The summed E-state index contributed by atoms with van der Waals surface area (Å²) in [5.74, 6) is 0. The normalized spacial score (nSPS) is 17.7. The molecule has 0 radical (unpaired) electrons. The van der Waals surface area contributed by atoms with Gasteiger partial charge in [0.05, 0.1) is 0 Å². The second kappa shape index (κ2) is 13.8. The van der Waals surface area contributed by atoms with Crippen molar-refractivity contribution in [2.45, 2.75) is 115 Å². The van der Waals surface area contributed by atoms with Crippen LogP contribution in [0.25, 0.3) is 34.4 Å². The van der Waals surface area contributed by atoms with E-state index in [0.717, 1.165) is 0 Å². The molecule has 2 aliphatic carbocycles.